The van der Waals surface area contributed by atoms with Gasteiger partial charge in [0, 0.05) is 37.8 Å². The Balaban J connectivity index is 1.53. The normalized spacial score (nSPS) is 19.2. The maximum Gasteiger partial charge on any atom is 0.251 e. The Kier molecular flexibility index (Phi) is 6.62. The fourth-order valence-corrected chi connectivity index (χ4v) is 3.65. The van der Waals surface area contributed by atoms with Crippen molar-refractivity contribution in [2.24, 2.45) is 0 Å². The Hall–Kier alpha value is -2.05. The van der Waals surface area contributed by atoms with Gasteiger partial charge in [-0.25, -0.2) is 9.97 Å². The van der Waals surface area contributed by atoms with E-state index in [2.05, 4.69) is 20.6 Å². The number of hydrogen-bond donors (Lipinski definition) is 2. The molecule has 0 radical (unpaired) electrons. The molecule has 8 heteroatoms. The molecule has 150 valence electrons. The van der Waals surface area contributed by atoms with E-state index >= 15 is 0 Å². The average molecular weight is 422 g/mol. The smallest absolute Gasteiger partial charge is 0.251 e. The van der Waals surface area contributed by atoms with Gasteiger partial charge < -0.3 is 15.5 Å². The van der Waals surface area contributed by atoms with Crippen molar-refractivity contribution in [1.82, 2.24) is 15.3 Å². The SMILES string of the molecule is Cc1nc(NC2CCC(NC(=O)c3ccc(Cl)c(Cl)c3)CC2)cc(N(C)C)n1. The molecular weight excluding hydrogens is 397 g/mol. The highest BCUT2D eigenvalue weighted by molar-refractivity contribution is 6.42. The summed E-state index contributed by atoms with van der Waals surface area (Å²) in [5.74, 6) is 2.37. The lowest BCUT2D eigenvalue weighted by atomic mass is 9.91. The number of anilines is 2. The number of nitrogens with zero attached hydrogens (tertiary/aromatic N) is 3. The van der Waals surface area contributed by atoms with Crippen LogP contribution in [-0.4, -0.2) is 42.1 Å². The first-order chi connectivity index (χ1) is 13.3. The summed E-state index contributed by atoms with van der Waals surface area (Å²) in [6.45, 7) is 1.90. The fourth-order valence-electron chi connectivity index (χ4n) is 3.35. The molecule has 6 nitrogen and oxygen atoms in total. The summed E-state index contributed by atoms with van der Waals surface area (Å²) >= 11 is 11.9. The van der Waals surface area contributed by atoms with Crippen LogP contribution >= 0.6 is 23.2 Å². The summed E-state index contributed by atoms with van der Waals surface area (Å²) in [6, 6.07) is 7.39. The highest BCUT2D eigenvalue weighted by Gasteiger charge is 2.23. The predicted molar refractivity (Wildman–Crippen MR) is 115 cm³/mol. The topological polar surface area (TPSA) is 70.2 Å². The number of hydrogen-bond acceptors (Lipinski definition) is 5. The van der Waals surface area contributed by atoms with Gasteiger partial charge in [-0.15, -0.1) is 0 Å². The van der Waals surface area contributed by atoms with E-state index in [-0.39, 0.29) is 11.9 Å². The number of carbonyl (C=O) groups is 1. The molecule has 0 aliphatic heterocycles. The first kappa shape index (κ1) is 20.7. The summed E-state index contributed by atoms with van der Waals surface area (Å²) in [6.07, 6.45) is 3.75. The molecule has 1 aromatic heterocycles. The van der Waals surface area contributed by atoms with E-state index in [1.54, 1.807) is 18.2 Å². The number of halogens is 2. The lowest BCUT2D eigenvalue weighted by molar-refractivity contribution is 0.0926. The molecular formula is C20H25Cl2N5O. The van der Waals surface area contributed by atoms with Crippen LogP contribution in [0.4, 0.5) is 11.6 Å². The molecule has 2 aromatic rings. The maximum absolute atomic E-state index is 12.4. The van der Waals surface area contributed by atoms with Crippen molar-refractivity contribution in [3.8, 4) is 0 Å². The van der Waals surface area contributed by atoms with E-state index in [1.165, 1.54) is 0 Å². The zero-order chi connectivity index (χ0) is 20.3. The highest BCUT2D eigenvalue weighted by atomic mass is 35.5. The van der Waals surface area contributed by atoms with E-state index < -0.39 is 0 Å². The summed E-state index contributed by atoms with van der Waals surface area (Å²) in [5.41, 5.74) is 0.530. The molecule has 1 aromatic carbocycles. The highest BCUT2D eigenvalue weighted by Crippen LogP contribution is 2.25. The minimum absolute atomic E-state index is 0.114. The largest absolute Gasteiger partial charge is 0.367 e. The Morgan fingerprint density at radius 2 is 1.71 bits per heavy atom. The minimum atomic E-state index is -0.114. The summed E-state index contributed by atoms with van der Waals surface area (Å²) in [4.78, 5) is 23.3. The van der Waals surface area contributed by atoms with Gasteiger partial charge in [0.05, 0.1) is 10.0 Å². The van der Waals surface area contributed by atoms with Crippen molar-refractivity contribution in [2.45, 2.75) is 44.7 Å². The van der Waals surface area contributed by atoms with Crippen LogP contribution in [0.15, 0.2) is 24.3 Å². The van der Waals surface area contributed by atoms with Crippen LogP contribution in [0.5, 0.6) is 0 Å². The molecule has 0 atom stereocenters. The lowest BCUT2D eigenvalue weighted by Gasteiger charge is -2.30. The second-order valence-electron chi connectivity index (χ2n) is 7.35. The van der Waals surface area contributed by atoms with Gasteiger partial charge in [-0.2, -0.15) is 0 Å². The van der Waals surface area contributed by atoms with Crippen molar-refractivity contribution >= 4 is 40.7 Å². The van der Waals surface area contributed by atoms with Crippen LogP contribution in [0.1, 0.15) is 41.9 Å². The van der Waals surface area contributed by atoms with Crippen LogP contribution in [-0.2, 0) is 0 Å². The molecule has 0 spiro atoms. The summed E-state index contributed by atoms with van der Waals surface area (Å²) in [5, 5.41) is 7.45. The van der Waals surface area contributed by atoms with Crippen LogP contribution in [0.3, 0.4) is 0 Å². The van der Waals surface area contributed by atoms with Gasteiger partial charge in [0.25, 0.3) is 5.91 Å². The molecule has 3 rings (SSSR count). The number of amides is 1. The molecule has 1 saturated carbocycles. The van der Waals surface area contributed by atoms with Crippen LogP contribution in [0, 0.1) is 6.92 Å². The van der Waals surface area contributed by atoms with E-state index in [4.69, 9.17) is 23.2 Å². The zero-order valence-electron chi connectivity index (χ0n) is 16.3. The van der Waals surface area contributed by atoms with E-state index in [9.17, 15) is 4.79 Å². The van der Waals surface area contributed by atoms with E-state index in [1.807, 2.05) is 32.0 Å². The summed E-state index contributed by atoms with van der Waals surface area (Å²) in [7, 11) is 3.93. The van der Waals surface area contributed by atoms with E-state index in [0.29, 0.717) is 21.7 Å². The van der Waals surface area contributed by atoms with Gasteiger partial charge in [0.1, 0.15) is 17.5 Å². The maximum atomic E-state index is 12.4. The summed E-state index contributed by atoms with van der Waals surface area (Å²) < 4.78 is 0. The molecule has 28 heavy (non-hydrogen) atoms. The first-order valence-corrected chi connectivity index (χ1v) is 10.1. The number of rotatable bonds is 5. The molecule has 1 heterocycles. The quantitative estimate of drug-likeness (QED) is 0.752. The third-order valence-corrected chi connectivity index (χ3v) is 5.62. The van der Waals surface area contributed by atoms with Gasteiger partial charge in [-0.3, -0.25) is 4.79 Å². The standard InChI is InChI=1S/C20H25Cl2N5O/c1-12-23-18(11-19(24-12)27(2)3)25-14-5-7-15(8-6-14)26-20(28)13-4-9-16(21)17(22)10-13/h4,9-11,14-15H,5-8H2,1-3H3,(H,26,28)(H,23,24,25). The Morgan fingerprint density at radius 3 is 2.36 bits per heavy atom. The molecule has 0 unspecified atom stereocenters. The first-order valence-electron chi connectivity index (χ1n) is 9.37. The molecule has 0 bridgehead atoms. The number of aromatic nitrogens is 2. The fraction of sp³-hybridized carbons (Fsp3) is 0.450. The molecule has 0 saturated heterocycles. The van der Waals surface area contributed by atoms with Crippen molar-refractivity contribution in [3.05, 3.63) is 45.7 Å². The Bertz CT molecular complexity index is 850. The van der Waals surface area contributed by atoms with Crippen molar-refractivity contribution < 1.29 is 4.79 Å². The number of nitrogens with one attached hydrogen (secondary N) is 2. The van der Waals surface area contributed by atoms with Gasteiger partial charge in [0.15, 0.2) is 0 Å². The zero-order valence-corrected chi connectivity index (χ0v) is 17.8. The number of benzene rings is 1. The Labute approximate surface area is 175 Å². The van der Waals surface area contributed by atoms with Crippen LogP contribution in [0.2, 0.25) is 10.0 Å². The van der Waals surface area contributed by atoms with Crippen LogP contribution in [0.25, 0.3) is 0 Å². The van der Waals surface area contributed by atoms with Crippen molar-refractivity contribution in [2.75, 3.05) is 24.3 Å². The number of aryl methyl sites for hydroxylation is 1. The third kappa shape index (κ3) is 5.26. The second-order valence-corrected chi connectivity index (χ2v) is 8.16. The molecule has 1 fully saturated rings. The molecule has 2 N–H and O–H groups in total. The Morgan fingerprint density at radius 1 is 1.04 bits per heavy atom. The minimum Gasteiger partial charge on any atom is -0.367 e. The van der Waals surface area contributed by atoms with Gasteiger partial charge in [0.2, 0.25) is 0 Å². The van der Waals surface area contributed by atoms with Crippen molar-refractivity contribution in [3.63, 3.8) is 0 Å². The third-order valence-electron chi connectivity index (χ3n) is 4.88. The predicted octanol–water partition coefficient (Wildman–Crippen LogP) is 4.31. The van der Waals surface area contributed by atoms with Gasteiger partial charge >= 0.3 is 0 Å². The van der Waals surface area contributed by atoms with Gasteiger partial charge in [-0.1, -0.05) is 23.2 Å². The lowest BCUT2D eigenvalue weighted by Crippen LogP contribution is -2.40. The molecule has 1 aliphatic carbocycles. The van der Waals surface area contributed by atoms with Crippen molar-refractivity contribution in [1.29, 1.82) is 0 Å². The number of carbonyl (C=O) groups excluding carboxylic acids is 1. The molecule has 1 amide bonds. The monoisotopic (exact) mass is 421 g/mol. The van der Waals surface area contributed by atoms with Crippen LogP contribution < -0.4 is 15.5 Å². The second kappa shape index (κ2) is 8.97. The van der Waals surface area contributed by atoms with Gasteiger partial charge in [-0.05, 0) is 50.8 Å². The van der Waals surface area contributed by atoms with E-state index in [0.717, 1.165) is 43.1 Å². The average Bonchev–Trinajstić information content (AvgIpc) is 2.65. The molecule has 1 aliphatic rings.